The van der Waals surface area contributed by atoms with Gasteiger partial charge < -0.3 is 37.9 Å². The molecule has 0 saturated carbocycles. The molecule has 0 bridgehead atoms. The van der Waals surface area contributed by atoms with E-state index >= 15 is 0 Å². The van der Waals surface area contributed by atoms with E-state index < -0.39 is 48.9 Å². The average molecular weight is 569 g/mol. The third kappa shape index (κ3) is 8.17. The van der Waals surface area contributed by atoms with Crippen LogP contribution in [0.1, 0.15) is 31.3 Å². The van der Waals surface area contributed by atoms with Crippen molar-refractivity contribution in [2.75, 3.05) is 26.4 Å². The number of ether oxygens (including phenoxy) is 8. The van der Waals surface area contributed by atoms with Gasteiger partial charge in [-0.3, -0.25) is 9.59 Å². The number of carbonyl (C=O) groups is 2. The molecule has 220 valence electrons. The molecule has 2 aliphatic heterocycles. The molecule has 2 heterocycles. The third-order valence-electron chi connectivity index (χ3n) is 6.35. The Morgan fingerprint density at radius 1 is 0.902 bits per heavy atom. The van der Waals surface area contributed by atoms with Crippen molar-refractivity contribution in [3.63, 3.8) is 0 Å². The summed E-state index contributed by atoms with van der Waals surface area (Å²) in [6, 6.07) is 15.0. The van der Waals surface area contributed by atoms with Gasteiger partial charge in [-0.05, 0) is 24.1 Å². The number of carbonyl (C=O) groups excluding carboxylic acids is 2. The van der Waals surface area contributed by atoms with Gasteiger partial charge >= 0.3 is 11.9 Å². The lowest BCUT2D eigenvalue weighted by Gasteiger charge is -2.48. The fourth-order valence-corrected chi connectivity index (χ4v) is 4.63. The van der Waals surface area contributed by atoms with Crippen LogP contribution in [0.25, 0.3) is 0 Å². The Kier molecular flexibility index (Phi) is 10.9. The Labute approximate surface area is 239 Å². The van der Waals surface area contributed by atoms with Crippen molar-refractivity contribution in [2.45, 2.75) is 57.3 Å². The lowest BCUT2D eigenvalue weighted by Crippen LogP contribution is -2.64. The molecule has 2 aromatic carbocycles. The van der Waals surface area contributed by atoms with Gasteiger partial charge in [0.25, 0.3) is 0 Å². The van der Waals surface area contributed by atoms with Gasteiger partial charge in [-0.2, -0.15) is 0 Å². The first-order valence-corrected chi connectivity index (χ1v) is 13.4. The van der Waals surface area contributed by atoms with Crippen LogP contribution in [-0.4, -0.2) is 69.1 Å². The van der Waals surface area contributed by atoms with Crippen molar-refractivity contribution in [1.29, 1.82) is 0 Å². The highest BCUT2D eigenvalue weighted by molar-refractivity contribution is 5.67. The minimum atomic E-state index is -1.06. The van der Waals surface area contributed by atoms with E-state index in [4.69, 9.17) is 37.9 Å². The summed E-state index contributed by atoms with van der Waals surface area (Å²) in [5.74, 6) is 0.0267. The molecule has 0 amide bonds. The summed E-state index contributed by atoms with van der Waals surface area (Å²) in [4.78, 5) is 24.2. The van der Waals surface area contributed by atoms with Crippen LogP contribution in [0.5, 0.6) is 11.5 Å². The second-order valence-electron chi connectivity index (χ2n) is 9.47. The van der Waals surface area contributed by atoms with E-state index in [9.17, 15) is 9.59 Å². The number of benzene rings is 2. The van der Waals surface area contributed by atoms with E-state index in [1.54, 1.807) is 12.2 Å². The van der Waals surface area contributed by atoms with Crippen LogP contribution in [0.3, 0.4) is 0 Å². The van der Waals surface area contributed by atoms with Gasteiger partial charge in [-0.1, -0.05) is 61.7 Å². The van der Waals surface area contributed by atoms with E-state index in [1.165, 1.54) is 13.8 Å². The number of rotatable bonds is 13. The lowest BCUT2D eigenvalue weighted by atomic mass is 9.97. The fraction of sp³-hybridized carbons (Fsp3) is 0.419. The number of fused-ring (bicyclic) bond motifs is 1. The van der Waals surface area contributed by atoms with Crippen molar-refractivity contribution >= 4 is 11.9 Å². The van der Waals surface area contributed by atoms with Crippen molar-refractivity contribution in [1.82, 2.24) is 0 Å². The molecular weight excluding hydrogens is 532 g/mol. The zero-order valence-electron chi connectivity index (χ0n) is 23.3. The van der Waals surface area contributed by atoms with Gasteiger partial charge in [-0.25, -0.2) is 0 Å². The Bertz CT molecular complexity index is 1180. The van der Waals surface area contributed by atoms with Crippen LogP contribution >= 0.6 is 0 Å². The van der Waals surface area contributed by atoms with Gasteiger partial charge in [-0.15, -0.1) is 0 Å². The number of esters is 2. The Balaban J connectivity index is 1.48. The van der Waals surface area contributed by atoms with E-state index in [1.807, 2.05) is 48.5 Å². The SMILES string of the molecule is C=CCOc1ccc(CCO[C@@H]2O[C@@H]3COC(c4ccccc4)O[C@H]3[C@H](OC(C)=O)[C@H]2OC(C)=O)cc1OCC=C. The average Bonchev–Trinajstić information content (AvgIpc) is 2.97. The standard InChI is InChI=1S/C31H36O10/c1-5-15-34-24-13-12-22(18-25(24)35-16-6-2)14-17-36-31-29(39-21(4)33)28(38-20(3)32)27-26(40-31)19-37-30(41-27)23-10-8-7-9-11-23/h5-13,18,26-31H,1-2,14-17,19H2,3-4H3/t26-,27-,28+,29-,30?,31-/m1/s1. The second kappa shape index (κ2) is 14.8. The molecule has 10 nitrogen and oxygen atoms in total. The van der Waals surface area contributed by atoms with Gasteiger partial charge in [0.2, 0.25) is 0 Å². The molecule has 10 heteroatoms. The normalized spacial score (nSPS) is 25.3. The lowest BCUT2D eigenvalue weighted by molar-refractivity contribution is -0.362. The number of hydrogen-bond acceptors (Lipinski definition) is 10. The summed E-state index contributed by atoms with van der Waals surface area (Å²) in [7, 11) is 0. The van der Waals surface area contributed by atoms with Crippen LogP contribution in [-0.2, 0) is 44.4 Å². The summed E-state index contributed by atoms with van der Waals surface area (Å²) in [5, 5.41) is 0. The zero-order chi connectivity index (χ0) is 29.2. The predicted octanol–water partition coefficient (Wildman–Crippen LogP) is 4.08. The molecule has 2 aromatic rings. The zero-order valence-corrected chi connectivity index (χ0v) is 23.3. The summed E-state index contributed by atoms with van der Waals surface area (Å²) in [5.41, 5.74) is 1.71. The molecular formula is C31H36O10. The first kappa shape index (κ1) is 30.3. The highest BCUT2D eigenvalue weighted by Gasteiger charge is 2.53. The maximum Gasteiger partial charge on any atom is 0.303 e. The summed E-state index contributed by atoms with van der Waals surface area (Å²) < 4.78 is 47.0. The summed E-state index contributed by atoms with van der Waals surface area (Å²) >= 11 is 0. The molecule has 0 spiro atoms. The van der Waals surface area contributed by atoms with Crippen LogP contribution in [0.2, 0.25) is 0 Å². The minimum Gasteiger partial charge on any atom is -0.486 e. The molecule has 4 rings (SSSR count). The highest BCUT2D eigenvalue weighted by atomic mass is 16.8. The fourth-order valence-electron chi connectivity index (χ4n) is 4.63. The van der Waals surface area contributed by atoms with Gasteiger partial charge in [0.15, 0.2) is 36.3 Å². The molecule has 0 radical (unpaired) electrons. The smallest absolute Gasteiger partial charge is 0.303 e. The molecule has 6 atom stereocenters. The molecule has 1 unspecified atom stereocenters. The van der Waals surface area contributed by atoms with E-state index in [2.05, 4.69) is 13.2 Å². The van der Waals surface area contributed by atoms with Crippen molar-refractivity contribution in [3.8, 4) is 11.5 Å². The highest BCUT2D eigenvalue weighted by Crippen LogP contribution is 2.37. The molecule has 0 aromatic heterocycles. The molecule has 0 aliphatic carbocycles. The molecule has 0 N–H and O–H groups in total. The minimum absolute atomic E-state index is 0.158. The van der Waals surface area contributed by atoms with Crippen molar-refractivity contribution in [2.24, 2.45) is 0 Å². The van der Waals surface area contributed by atoms with E-state index in [0.29, 0.717) is 31.1 Å². The Morgan fingerprint density at radius 3 is 2.27 bits per heavy atom. The van der Waals surface area contributed by atoms with E-state index in [-0.39, 0.29) is 13.2 Å². The molecule has 2 aliphatic rings. The Morgan fingerprint density at radius 2 is 1.59 bits per heavy atom. The van der Waals surface area contributed by atoms with Gasteiger partial charge in [0.05, 0.1) is 13.2 Å². The second-order valence-corrected chi connectivity index (χ2v) is 9.47. The monoisotopic (exact) mass is 568 g/mol. The molecule has 41 heavy (non-hydrogen) atoms. The van der Waals surface area contributed by atoms with Crippen LogP contribution in [0.4, 0.5) is 0 Å². The summed E-state index contributed by atoms with van der Waals surface area (Å²) in [6.45, 7) is 10.9. The van der Waals surface area contributed by atoms with Gasteiger partial charge in [0, 0.05) is 19.4 Å². The largest absolute Gasteiger partial charge is 0.486 e. The summed E-state index contributed by atoms with van der Waals surface area (Å²) in [6.07, 6.45) is -1.37. The predicted molar refractivity (Wildman–Crippen MR) is 147 cm³/mol. The maximum atomic E-state index is 12.1. The van der Waals surface area contributed by atoms with E-state index in [0.717, 1.165) is 11.1 Å². The first-order chi connectivity index (χ1) is 19.9. The maximum absolute atomic E-state index is 12.1. The van der Waals surface area contributed by atoms with Crippen molar-refractivity contribution in [3.05, 3.63) is 85.0 Å². The van der Waals surface area contributed by atoms with Gasteiger partial charge in [0.1, 0.15) is 25.4 Å². The molecule has 2 fully saturated rings. The van der Waals surface area contributed by atoms with Crippen molar-refractivity contribution < 1.29 is 47.5 Å². The Hall–Kier alpha value is -3.70. The molecule has 2 saturated heterocycles. The third-order valence-corrected chi connectivity index (χ3v) is 6.35. The quantitative estimate of drug-likeness (QED) is 0.259. The van der Waals surface area contributed by atoms with Crippen LogP contribution < -0.4 is 9.47 Å². The topological polar surface area (TPSA) is 108 Å². The number of hydrogen-bond donors (Lipinski definition) is 0. The first-order valence-electron chi connectivity index (χ1n) is 13.4. The van der Waals surface area contributed by atoms with Crippen LogP contribution in [0.15, 0.2) is 73.8 Å². The van der Waals surface area contributed by atoms with Crippen LogP contribution in [0, 0.1) is 0 Å².